The van der Waals surface area contributed by atoms with E-state index in [1.807, 2.05) is 0 Å². The number of carbonyl (C=O) groups is 1. The van der Waals surface area contributed by atoms with Crippen LogP contribution in [0.5, 0.6) is 0 Å². The van der Waals surface area contributed by atoms with E-state index in [-0.39, 0.29) is 22.2 Å². The van der Waals surface area contributed by atoms with Crippen LogP contribution in [0.4, 0.5) is 11.5 Å². The molecule has 0 radical (unpaired) electrons. The Morgan fingerprint density at radius 1 is 1.30 bits per heavy atom. The molecular formula is C11H6BrClN4O3. The van der Waals surface area contributed by atoms with Gasteiger partial charge in [0.05, 0.1) is 10.5 Å². The minimum absolute atomic E-state index is 0.121. The molecule has 0 fully saturated rings. The third-order valence-corrected chi connectivity index (χ3v) is 3.17. The summed E-state index contributed by atoms with van der Waals surface area (Å²) in [5, 5.41) is 20.6. The fourth-order valence-corrected chi connectivity index (χ4v) is 1.89. The number of hydrogen-bond acceptors (Lipinski definition) is 5. The van der Waals surface area contributed by atoms with Gasteiger partial charge in [-0.25, -0.2) is 0 Å². The molecule has 1 amide bonds. The van der Waals surface area contributed by atoms with E-state index in [2.05, 4.69) is 31.4 Å². The summed E-state index contributed by atoms with van der Waals surface area (Å²) in [5.74, 6) is -0.352. The number of amides is 1. The molecule has 0 saturated heterocycles. The molecule has 20 heavy (non-hydrogen) atoms. The first-order valence-electron chi connectivity index (χ1n) is 5.22. The van der Waals surface area contributed by atoms with Crippen molar-refractivity contribution in [3.63, 3.8) is 0 Å². The van der Waals surface area contributed by atoms with Crippen LogP contribution in [0.3, 0.4) is 0 Å². The maximum absolute atomic E-state index is 12.0. The standard InChI is InChI=1S/C11H6BrClN4O3/c12-8-2-1-6(17(19)20)5-7(8)11(18)14-10-4-3-9(13)15-16-10/h1-5H,(H,14,16,18). The van der Waals surface area contributed by atoms with Gasteiger partial charge in [-0.1, -0.05) is 11.6 Å². The van der Waals surface area contributed by atoms with Gasteiger partial charge in [0, 0.05) is 16.6 Å². The number of non-ortho nitro benzene ring substituents is 1. The number of nitro groups is 1. The molecule has 1 aromatic carbocycles. The monoisotopic (exact) mass is 356 g/mol. The topological polar surface area (TPSA) is 98.0 Å². The molecule has 0 bridgehead atoms. The molecule has 7 nitrogen and oxygen atoms in total. The second-order valence-electron chi connectivity index (χ2n) is 3.62. The minimum Gasteiger partial charge on any atom is -0.305 e. The second-order valence-corrected chi connectivity index (χ2v) is 4.86. The summed E-state index contributed by atoms with van der Waals surface area (Å²) in [4.78, 5) is 22.2. The molecule has 0 aliphatic rings. The molecule has 0 aliphatic heterocycles. The van der Waals surface area contributed by atoms with Crippen molar-refractivity contribution in [3.8, 4) is 0 Å². The highest BCUT2D eigenvalue weighted by atomic mass is 79.9. The number of anilines is 1. The first-order chi connectivity index (χ1) is 9.47. The van der Waals surface area contributed by atoms with Crippen molar-refractivity contribution in [3.05, 3.63) is 55.6 Å². The summed E-state index contributed by atoms with van der Waals surface area (Å²) < 4.78 is 0.433. The van der Waals surface area contributed by atoms with E-state index in [0.717, 1.165) is 0 Å². The van der Waals surface area contributed by atoms with Crippen molar-refractivity contribution in [2.45, 2.75) is 0 Å². The molecule has 1 heterocycles. The largest absolute Gasteiger partial charge is 0.305 e. The number of hydrogen-bond donors (Lipinski definition) is 1. The molecular weight excluding hydrogens is 352 g/mol. The quantitative estimate of drug-likeness (QED) is 0.672. The average molecular weight is 358 g/mol. The maximum Gasteiger partial charge on any atom is 0.270 e. The molecule has 0 aliphatic carbocycles. The Morgan fingerprint density at radius 2 is 2.05 bits per heavy atom. The van der Waals surface area contributed by atoms with Crippen molar-refractivity contribution < 1.29 is 9.72 Å². The maximum atomic E-state index is 12.0. The smallest absolute Gasteiger partial charge is 0.270 e. The van der Waals surface area contributed by atoms with Crippen LogP contribution in [0.2, 0.25) is 5.15 Å². The first-order valence-corrected chi connectivity index (χ1v) is 6.39. The SMILES string of the molecule is O=C(Nc1ccc(Cl)nn1)c1cc([N+](=O)[O-])ccc1Br. The summed E-state index contributed by atoms with van der Waals surface area (Å²) in [6.07, 6.45) is 0. The van der Waals surface area contributed by atoms with Crippen LogP contribution in [-0.4, -0.2) is 21.0 Å². The molecule has 0 unspecified atom stereocenters. The van der Waals surface area contributed by atoms with Gasteiger partial charge >= 0.3 is 0 Å². The third-order valence-electron chi connectivity index (χ3n) is 2.28. The number of aromatic nitrogens is 2. The molecule has 2 rings (SSSR count). The normalized spacial score (nSPS) is 10.1. The van der Waals surface area contributed by atoms with Crippen LogP contribution >= 0.6 is 27.5 Å². The molecule has 0 saturated carbocycles. The molecule has 0 atom stereocenters. The zero-order valence-corrected chi connectivity index (χ0v) is 12.1. The molecule has 1 N–H and O–H groups in total. The van der Waals surface area contributed by atoms with E-state index >= 15 is 0 Å². The Kier molecular flexibility index (Phi) is 4.26. The van der Waals surface area contributed by atoms with E-state index in [9.17, 15) is 14.9 Å². The van der Waals surface area contributed by atoms with Crippen molar-refractivity contribution in [2.75, 3.05) is 5.32 Å². The Morgan fingerprint density at radius 3 is 2.65 bits per heavy atom. The summed E-state index contributed by atoms with van der Waals surface area (Å²) in [6.45, 7) is 0. The lowest BCUT2D eigenvalue weighted by molar-refractivity contribution is -0.384. The summed E-state index contributed by atoms with van der Waals surface area (Å²) in [7, 11) is 0. The number of benzene rings is 1. The predicted molar refractivity (Wildman–Crippen MR) is 75.8 cm³/mol. The molecule has 2 aromatic rings. The Hall–Kier alpha value is -2.06. The van der Waals surface area contributed by atoms with E-state index < -0.39 is 10.8 Å². The third kappa shape index (κ3) is 3.28. The summed E-state index contributed by atoms with van der Waals surface area (Å²) in [5.41, 5.74) is -0.0588. The molecule has 102 valence electrons. The van der Waals surface area contributed by atoms with Crippen LogP contribution in [0.1, 0.15) is 10.4 Å². The van der Waals surface area contributed by atoms with Crippen LogP contribution in [0.25, 0.3) is 0 Å². The average Bonchev–Trinajstić information content (AvgIpc) is 2.41. The predicted octanol–water partition coefficient (Wildman–Crippen LogP) is 3.05. The van der Waals surface area contributed by atoms with E-state index in [0.29, 0.717) is 4.47 Å². The van der Waals surface area contributed by atoms with E-state index in [1.54, 1.807) is 0 Å². The molecule has 0 spiro atoms. The molecule has 9 heteroatoms. The van der Waals surface area contributed by atoms with Gasteiger partial charge in [0.15, 0.2) is 11.0 Å². The number of nitro benzene ring substituents is 1. The zero-order chi connectivity index (χ0) is 14.7. The van der Waals surface area contributed by atoms with Gasteiger partial charge in [0.1, 0.15) is 0 Å². The second kappa shape index (κ2) is 5.93. The number of nitrogens with zero attached hydrogens (tertiary/aromatic N) is 3. The Bertz CT molecular complexity index is 678. The number of halogens is 2. The highest BCUT2D eigenvalue weighted by Gasteiger charge is 2.16. The van der Waals surface area contributed by atoms with Crippen LogP contribution in [0, 0.1) is 10.1 Å². The van der Waals surface area contributed by atoms with Crippen molar-refractivity contribution >= 4 is 44.9 Å². The van der Waals surface area contributed by atoms with Crippen LogP contribution < -0.4 is 5.32 Å². The lowest BCUT2D eigenvalue weighted by Gasteiger charge is -2.05. The fourth-order valence-electron chi connectivity index (χ4n) is 1.37. The Labute approximate surface area is 126 Å². The van der Waals surface area contributed by atoms with Crippen LogP contribution in [0.15, 0.2) is 34.8 Å². The van der Waals surface area contributed by atoms with Gasteiger partial charge in [0.25, 0.3) is 11.6 Å². The van der Waals surface area contributed by atoms with E-state index in [4.69, 9.17) is 11.6 Å². The molecule has 1 aromatic heterocycles. The Balaban J connectivity index is 2.26. The first kappa shape index (κ1) is 14.4. The van der Waals surface area contributed by atoms with Gasteiger partial charge < -0.3 is 5.32 Å². The zero-order valence-electron chi connectivity index (χ0n) is 9.71. The number of carbonyl (C=O) groups excluding carboxylic acids is 1. The number of nitrogens with one attached hydrogen (secondary N) is 1. The van der Waals surface area contributed by atoms with Crippen molar-refractivity contribution in [1.29, 1.82) is 0 Å². The fraction of sp³-hybridized carbons (Fsp3) is 0. The summed E-state index contributed by atoms with van der Waals surface area (Å²) in [6, 6.07) is 6.83. The highest BCUT2D eigenvalue weighted by molar-refractivity contribution is 9.10. The van der Waals surface area contributed by atoms with Gasteiger partial charge in [0.2, 0.25) is 0 Å². The highest BCUT2D eigenvalue weighted by Crippen LogP contribution is 2.23. The lowest BCUT2D eigenvalue weighted by Crippen LogP contribution is -2.14. The van der Waals surface area contributed by atoms with Gasteiger partial charge in [-0.05, 0) is 34.1 Å². The van der Waals surface area contributed by atoms with Gasteiger partial charge in [-0.3, -0.25) is 14.9 Å². The van der Waals surface area contributed by atoms with Crippen LogP contribution in [-0.2, 0) is 0 Å². The lowest BCUT2D eigenvalue weighted by atomic mass is 10.2. The van der Waals surface area contributed by atoms with E-state index in [1.165, 1.54) is 30.3 Å². The summed E-state index contributed by atoms with van der Waals surface area (Å²) >= 11 is 8.74. The van der Waals surface area contributed by atoms with Gasteiger partial charge in [-0.2, -0.15) is 0 Å². The minimum atomic E-state index is -0.578. The number of rotatable bonds is 3. The van der Waals surface area contributed by atoms with Crippen molar-refractivity contribution in [1.82, 2.24) is 10.2 Å². The van der Waals surface area contributed by atoms with Crippen molar-refractivity contribution in [2.24, 2.45) is 0 Å². The van der Waals surface area contributed by atoms with Gasteiger partial charge in [-0.15, -0.1) is 10.2 Å².